The van der Waals surface area contributed by atoms with E-state index < -0.39 is 11.1 Å². The first-order valence-electron chi connectivity index (χ1n) is 7.01. The van der Waals surface area contributed by atoms with E-state index >= 15 is 0 Å². The maximum Gasteiger partial charge on any atom is 0.314 e. The highest BCUT2D eigenvalue weighted by Gasteiger charge is 2.35. The maximum absolute atomic E-state index is 11.4. The van der Waals surface area contributed by atoms with Crippen molar-refractivity contribution in [1.29, 1.82) is 0 Å². The van der Waals surface area contributed by atoms with E-state index in [-0.39, 0.29) is 11.5 Å². The van der Waals surface area contributed by atoms with Gasteiger partial charge in [0.1, 0.15) is 0 Å². The first kappa shape index (κ1) is 13.1. The lowest BCUT2D eigenvalue weighted by Crippen LogP contribution is -2.30. The number of benzene rings is 1. The predicted octanol–water partition coefficient (Wildman–Crippen LogP) is 1.80. The van der Waals surface area contributed by atoms with Crippen LogP contribution in [0.2, 0.25) is 0 Å². The second-order valence-electron chi connectivity index (χ2n) is 6.05. The number of fused-ring (bicyclic) bond motifs is 1. The largest absolute Gasteiger partial charge is 0.323 e. The summed E-state index contributed by atoms with van der Waals surface area (Å²) < 4.78 is 0. The first-order chi connectivity index (χ1) is 9.49. The van der Waals surface area contributed by atoms with Gasteiger partial charge in [-0.05, 0) is 36.0 Å². The lowest BCUT2D eigenvalue weighted by molar-refractivity contribution is 0.265. The number of aromatic nitrogens is 2. The van der Waals surface area contributed by atoms with Crippen LogP contribution < -0.4 is 16.9 Å². The molecule has 0 radical (unpaired) electrons. The van der Waals surface area contributed by atoms with Crippen LogP contribution in [0.1, 0.15) is 44.2 Å². The van der Waals surface area contributed by atoms with Crippen molar-refractivity contribution < 1.29 is 0 Å². The van der Waals surface area contributed by atoms with E-state index in [1.54, 1.807) is 6.07 Å². The van der Waals surface area contributed by atoms with Gasteiger partial charge in [-0.2, -0.15) is 0 Å². The molecule has 1 aromatic heterocycles. The van der Waals surface area contributed by atoms with Gasteiger partial charge in [-0.25, -0.2) is 0 Å². The van der Waals surface area contributed by atoms with Gasteiger partial charge < -0.3 is 15.7 Å². The zero-order valence-corrected chi connectivity index (χ0v) is 11.5. The first-order valence-corrected chi connectivity index (χ1v) is 7.01. The smallest absolute Gasteiger partial charge is 0.314 e. The van der Waals surface area contributed by atoms with Crippen molar-refractivity contribution >= 4 is 11.0 Å². The Balaban J connectivity index is 2.06. The molecule has 5 nitrogen and oxygen atoms in total. The molecule has 0 bridgehead atoms. The van der Waals surface area contributed by atoms with Gasteiger partial charge in [-0.3, -0.25) is 9.59 Å². The third-order valence-corrected chi connectivity index (χ3v) is 4.60. The summed E-state index contributed by atoms with van der Waals surface area (Å²) in [6.07, 6.45) is 4.71. The van der Waals surface area contributed by atoms with Gasteiger partial charge in [0, 0.05) is 6.04 Å². The van der Waals surface area contributed by atoms with E-state index in [1.165, 1.54) is 12.8 Å². The number of hydrogen-bond donors (Lipinski definition) is 3. The van der Waals surface area contributed by atoms with E-state index in [1.807, 2.05) is 12.1 Å². The van der Waals surface area contributed by atoms with Gasteiger partial charge in [-0.1, -0.05) is 25.8 Å². The molecule has 1 saturated carbocycles. The third kappa shape index (κ3) is 2.08. The maximum atomic E-state index is 11.4. The summed E-state index contributed by atoms with van der Waals surface area (Å²) in [4.78, 5) is 27.9. The number of hydrogen-bond acceptors (Lipinski definition) is 3. The van der Waals surface area contributed by atoms with Gasteiger partial charge in [0.15, 0.2) is 0 Å². The molecule has 106 valence electrons. The summed E-state index contributed by atoms with van der Waals surface area (Å²) in [6.45, 7) is 2.23. The molecule has 2 aromatic rings. The van der Waals surface area contributed by atoms with Crippen molar-refractivity contribution in [3.8, 4) is 0 Å². The standard InChI is InChI=1S/C15H19N3O2/c1-15(6-2-3-7-15)12(16)9-4-5-10-11(8-9)18-14(20)13(19)17-10/h4-5,8,12H,2-3,6-7,16H2,1H3,(H,17,19)(H,18,20). The van der Waals surface area contributed by atoms with Crippen LogP contribution in [-0.4, -0.2) is 9.97 Å². The third-order valence-electron chi connectivity index (χ3n) is 4.60. The van der Waals surface area contributed by atoms with Gasteiger partial charge in [-0.15, -0.1) is 0 Å². The Bertz CT molecular complexity index is 754. The van der Waals surface area contributed by atoms with Crippen molar-refractivity contribution in [2.75, 3.05) is 0 Å². The molecular formula is C15H19N3O2. The topological polar surface area (TPSA) is 91.7 Å². The minimum absolute atomic E-state index is 0.0511. The fraction of sp³-hybridized carbons (Fsp3) is 0.467. The van der Waals surface area contributed by atoms with Crippen molar-refractivity contribution in [3.05, 3.63) is 44.5 Å². The van der Waals surface area contributed by atoms with Crippen LogP contribution in [0.15, 0.2) is 27.8 Å². The highest BCUT2D eigenvalue weighted by molar-refractivity contribution is 5.74. The fourth-order valence-electron chi connectivity index (χ4n) is 3.22. The van der Waals surface area contributed by atoms with Crippen LogP contribution in [0.4, 0.5) is 0 Å². The molecule has 20 heavy (non-hydrogen) atoms. The lowest BCUT2D eigenvalue weighted by Gasteiger charge is -2.31. The van der Waals surface area contributed by atoms with Crippen molar-refractivity contribution in [3.63, 3.8) is 0 Å². The highest BCUT2D eigenvalue weighted by Crippen LogP contribution is 2.46. The minimum Gasteiger partial charge on any atom is -0.323 e. The van der Waals surface area contributed by atoms with Crippen molar-refractivity contribution in [2.45, 2.75) is 38.6 Å². The lowest BCUT2D eigenvalue weighted by atomic mass is 9.78. The SMILES string of the molecule is CC1(C(N)c2ccc3[nH]c(=O)c(=O)[nH]c3c2)CCCC1. The molecule has 4 N–H and O–H groups in total. The molecule has 5 heteroatoms. The molecule has 1 heterocycles. The number of H-pyrrole nitrogens is 2. The molecular weight excluding hydrogens is 254 g/mol. The molecule has 0 saturated heterocycles. The van der Waals surface area contributed by atoms with Crippen LogP contribution in [0.25, 0.3) is 11.0 Å². The van der Waals surface area contributed by atoms with Crippen LogP contribution >= 0.6 is 0 Å². The van der Waals surface area contributed by atoms with E-state index in [9.17, 15) is 9.59 Å². The number of rotatable bonds is 2. The van der Waals surface area contributed by atoms with Crippen LogP contribution in [0.5, 0.6) is 0 Å². The normalized spacial score (nSPS) is 19.3. The zero-order valence-electron chi connectivity index (χ0n) is 11.5. The van der Waals surface area contributed by atoms with E-state index in [0.29, 0.717) is 11.0 Å². The van der Waals surface area contributed by atoms with Gasteiger partial charge >= 0.3 is 11.1 Å². The Morgan fingerprint density at radius 1 is 1.10 bits per heavy atom. The highest BCUT2D eigenvalue weighted by atomic mass is 16.2. The molecule has 0 aliphatic heterocycles. The number of nitrogens with one attached hydrogen (secondary N) is 2. The Labute approximate surface area is 116 Å². The molecule has 1 atom stereocenters. The second kappa shape index (κ2) is 4.59. The molecule has 0 spiro atoms. The van der Waals surface area contributed by atoms with Crippen molar-refractivity contribution in [2.24, 2.45) is 11.1 Å². The second-order valence-corrected chi connectivity index (χ2v) is 6.05. The number of aromatic amines is 2. The molecule has 0 amide bonds. The van der Waals surface area contributed by atoms with Gasteiger partial charge in [0.05, 0.1) is 11.0 Å². The monoisotopic (exact) mass is 273 g/mol. The van der Waals surface area contributed by atoms with Crippen LogP contribution in [-0.2, 0) is 0 Å². The molecule has 1 fully saturated rings. The average molecular weight is 273 g/mol. The average Bonchev–Trinajstić information content (AvgIpc) is 2.87. The van der Waals surface area contributed by atoms with E-state index in [0.717, 1.165) is 18.4 Å². The summed E-state index contributed by atoms with van der Waals surface area (Å²) in [5.41, 5.74) is 7.55. The summed E-state index contributed by atoms with van der Waals surface area (Å²) >= 11 is 0. The minimum atomic E-state index is -0.629. The summed E-state index contributed by atoms with van der Waals surface area (Å²) in [5.74, 6) is 0. The zero-order chi connectivity index (χ0) is 14.3. The molecule has 3 rings (SSSR count). The van der Waals surface area contributed by atoms with Gasteiger partial charge in [0.2, 0.25) is 0 Å². The molecule has 1 aliphatic carbocycles. The summed E-state index contributed by atoms with van der Waals surface area (Å²) in [7, 11) is 0. The molecule has 1 aromatic carbocycles. The Morgan fingerprint density at radius 3 is 2.35 bits per heavy atom. The Kier molecular flexibility index (Phi) is 3.01. The van der Waals surface area contributed by atoms with Crippen LogP contribution in [0, 0.1) is 5.41 Å². The Morgan fingerprint density at radius 2 is 1.70 bits per heavy atom. The van der Waals surface area contributed by atoms with Crippen LogP contribution in [0.3, 0.4) is 0 Å². The number of nitrogens with two attached hydrogens (primary N) is 1. The van der Waals surface area contributed by atoms with E-state index in [4.69, 9.17) is 5.73 Å². The summed E-state index contributed by atoms with van der Waals surface area (Å²) in [5, 5.41) is 0. The predicted molar refractivity (Wildman–Crippen MR) is 78.7 cm³/mol. The molecule has 1 aliphatic rings. The quantitative estimate of drug-likeness (QED) is 0.728. The molecule has 1 unspecified atom stereocenters. The summed E-state index contributed by atoms with van der Waals surface area (Å²) in [6, 6.07) is 5.57. The Hall–Kier alpha value is -1.88. The fourth-order valence-corrected chi connectivity index (χ4v) is 3.22. The van der Waals surface area contributed by atoms with Crippen molar-refractivity contribution in [1.82, 2.24) is 9.97 Å². The van der Waals surface area contributed by atoms with E-state index in [2.05, 4.69) is 16.9 Å². The van der Waals surface area contributed by atoms with Gasteiger partial charge in [0.25, 0.3) is 0 Å².